The van der Waals surface area contributed by atoms with Gasteiger partial charge in [0.15, 0.2) is 0 Å². The van der Waals surface area contributed by atoms with Crippen molar-refractivity contribution in [2.75, 3.05) is 18.5 Å². The van der Waals surface area contributed by atoms with Crippen LogP contribution in [0, 0.1) is 0 Å². The fourth-order valence-electron chi connectivity index (χ4n) is 3.28. The first-order chi connectivity index (χ1) is 13.4. The molecule has 0 fully saturated rings. The summed E-state index contributed by atoms with van der Waals surface area (Å²) < 4.78 is 5.58. The van der Waals surface area contributed by atoms with Crippen LogP contribution in [0.15, 0.2) is 48.6 Å². The number of carbonyl (C=O) groups excluding carboxylic acids is 1. The number of ether oxygens (including phenoxy) is 1. The summed E-state index contributed by atoms with van der Waals surface area (Å²) in [6, 6.07) is 12.2. The number of rotatable bonds is 2. The van der Waals surface area contributed by atoms with Gasteiger partial charge in [-0.15, -0.1) is 0 Å². The normalized spacial score (nSPS) is 21.2. The molecule has 1 aromatic heterocycles. The topological polar surface area (TPSA) is 68.5 Å². The summed E-state index contributed by atoms with van der Waals surface area (Å²) in [7, 11) is 2.00. The van der Waals surface area contributed by atoms with Gasteiger partial charge in [-0.25, -0.2) is 4.98 Å². The number of esters is 1. The van der Waals surface area contributed by atoms with E-state index in [2.05, 4.69) is 36.1 Å². The number of fused-ring (bicyclic) bond motifs is 4. The number of carbonyl (C=O) groups is 1. The molecule has 2 N–H and O–H groups in total. The van der Waals surface area contributed by atoms with E-state index in [4.69, 9.17) is 15.5 Å². The molecule has 148 valence electrons. The second-order valence-electron chi connectivity index (χ2n) is 7.71. The van der Waals surface area contributed by atoms with Crippen LogP contribution in [0.3, 0.4) is 0 Å². The van der Waals surface area contributed by atoms with Crippen LogP contribution in [-0.4, -0.2) is 30.1 Å². The third kappa shape index (κ3) is 4.98. The Morgan fingerprint density at radius 2 is 1.89 bits per heavy atom. The largest absolute Gasteiger partial charge is 0.459 e. The van der Waals surface area contributed by atoms with Gasteiger partial charge in [0.25, 0.3) is 0 Å². The highest BCUT2D eigenvalue weighted by atomic mass is 16.5. The van der Waals surface area contributed by atoms with Gasteiger partial charge in [0, 0.05) is 32.1 Å². The molecule has 1 aliphatic rings. The SMILES string of the molecule is CCN(C)c1cc2cc(n1)C/C=C/Cc1cccc(c1)CC(C)(N)C(=O)OC2. The van der Waals surface area contributed by atoms with E-state index in [9.17, 15) is 4.79 Å². The van der Waals surface area contributed by atoms with E-state index in [1.54, 1.807) is 6.92 Å². The summed E-state index contributed by atoms with van der Waals surface area (Å²) in [6.07, 6.45) is 6.32. The molecule has 0 saturated heterocycles. The van der Waals surface area contributed by atoms with Gasteiger partial charge in [-0.2, -0.15) is 0 Å². The molecule has 1 aromatic carbocycles. The highest BCUT2D eigenvalue weighted by Gasteiger charge is 2.30. The third-order valence-electron chi connectivity index (χ3n) is 5.04. The van der Waals surface area contributed by atoms with Crippen LogP contribution in [0.5, 0.6) is 0 Å². The molecule has 1 unspecified atom stereocenters. The minimum Gasteiger partial charge on any atom is -0.459 e. The predicted octanol–water partition coefficient (Wildman–Crippen LogP) is 3.20. The van der Waals surface area contributed by atoms with Crippen molar-refractivity contribution in [3.8, 4) is 0 Å². The molecule has 0 saturated carbocycles. The quantitative estimate of drug-likeness (QED) is 0.641. The number of pyridine rings is 1. The molecule has 1 aliphatic heterocycles. The molecule has 0 amide bonds. The Bertz CT molecular complexity index is 874. The number of hydrogen-bond donors (Lipinski definition) is 1. The lowest BCUT2D eigenvalue weighted by Crippen LogP contribution is -2.48. The monoisotopic (exact) mass is 379 g/mol. The maximum Gasteiger partial charge on any atom is 0.326 e. The zero-order valence-electron chi connectivity index (χ0n) is 16.9. The lowest BCUT2D eigenvalue weighted by molar-refractivity contribution is -0.150. The Hall–Kier alpha value is -2.66. The van der Waals surface area contributed by atoms with Crippen molar-refractivity contribution in [3.05, 3.63) is 70.9 Å². The lowest BCUT2D eigenvalue weighted by atomic mass is 9.93. The van der Waals surface area contributed by atoms with E-state index in [1.807, 2.05) is 31.3 Å². The number of allylic oxidation sites excluding steroid dienone is 2. The summed E-state index contributed by atoms with van der Waals surface area (Å²) in [5.74, 6) is 0.487. The Labute approximate surface area is 167 Å². The Morgan fingerprint density at radius 3 is 2.68 bits per heavy atom. The summed E-state index contributed by atoms with van der Waals surface area (Å²) in [5.41, 5.74) is 9.35. The molecule has 2 heterocycles. The number of anilines is 1. The molecule has 4 bridgehead atoms. The van der Waals surface area contributed by atoms with Crippen LogP contribution < -0.4 is 10.6 Å². The molecular weight excluding hydrogens is 350 g/mol. The number of aromatic nitrogens is 1. The minimum absolute atomic E-state index is 0.190. The fourth-order valence-corrected chi connectivity index (χ4v) is 3.28. The van der Waals surface area contributed by atoms with Crippen LogP contribution in [0.2, 0.25) is 0 Å². The van der Waals surface area contributed by atoms with Crippen molar-refractivity contribution in [3.63, 3.8) is 0 Å². The van der Waals surface area contributed by atoms with E-state index >= 15 is 0 Å². The lowest BCUT2D eigenvalue weighted by Gasteiger charge is -2.23. The van der Waals surface area contributed by atoms with E-state index in [-0.39, 0.29) is 6.61 Å². The minimum atomic E-state index is -1.08. The van der Waals surface area contributed by atoms with E-state index in [0.29, 0.717) is 6.42 Å². The average molecular weight is 380 g/mol. The van der Waals surface area contributed by atoms with E-state index < -0.39 is 11.5 Å². The molecule has 2 aromatic rings. The van der Waals surface area contributed by atoms with Gasteiger partial charge in [0.1, 0.15) is 18.0 Å². The van der Waals surface area contributed by atoms with Crippen LogP contribution >= 0.6 is 0 Å². The summed E-state index contributed by atoms with van der Waals surface area (Å²) in [5, 5.41) is 0. The van der Waals surface area contributed by atoms with Gasteiger partial charge in [0.05, 0.1) is 0 Å². The Morgan fingerprint density at radius 1 is 1.14 bits per heavy atom. The number of hydrogen-bond acceptors (Lipinski definition) is 5. The van der Waals surface area contributed by atoms with Gasteiger partial charge in [-0.1, -0.05) is 36.4 Å². The standard InChI is InChI=1S/C23H29N3O2/c1-4-26(3)21-14-19-13-20(25-21)11-6-5-8-17-9-7-10-18(12-17)15-23(2,24)22(27)28-16-19/h5-7,9-10,12-14H,4,8,11,15-16,24H2,1-3H3/b6-5+. The van der Waals surface area contributed by atoms with Crippen molar-refractivity contribution < 1.29 is 9.53 Å². The summed E-state index contributed by atoms with van der Waals surface area (Å²) in [4.78, 5) is 19.5. The highest BCUT2D eigenvalue weighted by Crippen LogP contribution is 2.19. The average Bonchev–Trinajstić information content (AvgIpc) is 2.68. The first kappa shape index (κ1) is 20.1. The van der Waals surface area contributed by atoms with Crippen molar-refractivity contribution >= 4 is 11.8 Å². The van der Waals surface area contributed by atoms with Gasteiger partial charge in [0.2, 0.25) is 0 Å². The predicted molar refractivity (Wildman–Crippen MR) is 112 cm³/mol. The van der Waals surface area contributed by atoms with Crippen LogP contribution in [0.1, 0.15) is 36.2 Å². The zero-order chi connectivity index (χ0) is 20.1. The maximum absolute atomic E-state index is 12.7. The molecule has 0 radical (unpaired) electrons. The van der Waals surface area contributed by atoms with Gasteiger partial charge >= 0.3 is 5.97 Å². The second kappa shape index (κ2) is 8.57. The van der Waals surface area contributed by atoms with Crippen molar-refractivity contribution in [1.82, 2.24) is 4.98 Å². The first-order valence-electron chi connectivity index (χ1n) is 9.77. The number of benzene rings is 1. The number of nitrogens with two attached hydrogens (primary N) is 1. The fraction of sp³-hybridized carbons (Fsp3) is 0.391. The molecule has 28 heavy (non-hydrogen) atoms. The van der Waals surface area contributed by atoms with Crippen molar-refractivity contribution in [2.45, 2.75) is 45.3 Å². The third-order valence-corrected chi connectivity index (χ3v) is 5.04. The number of nitrogens with zero attached hydrogens (tertiary/aromatic N) is 2. The Balaban J connectivity index is 1.95. The molecule has 0 spiro atoms. The second-order valence-corrected chi connectivity index (χ2v) is 7.71. The molecular formula is C23H29N3O2. The molecule has 3 rings (SSSR count). The van der Waals surface area contributed by atoms with Crippen molar-refractivity contribution in [1.29, 1.82) is 0 Å². The van der Waals surface area contributed by atoms with Crippen LogP contribution in [-0.2, 0) is 35.4 Å². The van der Waals surface area contributed by atoms with Gasteiger partial charge in [-0.05, 0) is 49.1 Å². The van der Waals surface area contributed by atoms with Crippen LogP contribution in [0.25, 0.3) is 0 Å². The summed E-state index contributed by atoms with van der Waals surface area (Å²) in [6.45, 7) is 4.85. The smallest absolute Gasteiger partial charge is 0.326 e. The molecule has 0 aliphatic carbocycles. The van der Waals surface area contributed by atoms with Gasteiger partial charge in [-0.3, -0.25) is 4.79 Å². The molecule has 1 atom stereocenters. The zero-order valence-corrected chi connectivity index (χ0v) is 16.9. The summed E-state index contributed by atoms with van der Waals surface area (Å²) >= 11 is 0. The molecule has 5 nitrogen and oxygen atoms in total. The Kier molecular flexibility index (Phi) is 6.15. The molecule has 5 heteroatoms. The number of cyclic esters (lactones) is 1. The highest BCUT2D eigenvalue weighted by molar-refractivity contribution is 5.80. The maximum atomic E-state index is 12.7. The van der Waals surface area contributed by atoms with Gasteiger partial charge < -0.3 is 15.4 Å². The van der Waals surface area contributed by atoms with Crippen LogP contribution in [0.4, 0.5) is 5.82 Å². The van der Waals surface area contributed by atoms with Crippen molar-refractivity contribution in [2.24, 2.45) is 5.73 Å². The van der Waals surface area contributed by atoms with E-state index in [1.165, 1.54) is 5.56 Å². The van der Waals surface area contributed by atoms with E-state index in [0.717, 1.165) is 42.0 Å². The first-order valence-corrected chi connectivity index (χ1v) is 9.77.